The lowest BCUT2D eigenvalue weighted by molar-refractivity contribution is -0.140. The van der Waals surface area contributed by atoms with Gasteiger partial charge in [0.05, 0.1) is 30.1 Å². The quantitative estimate of drug-likeness (QED) is 0.407. The van der Waals surface area contributed by atoms with E-state index >= 15 is 0 Å². The Kier molecular flexibility index (Phi) is 6.58. The Balaban J connectivity index is 1.78. The van der Waals surface area contributed by atoms with E-state index in [0.29, 0.717) is 35.3 Å². The van der Waals surface area contributed by atoms with Crippen LogP contribution in [-0.2, 0) is 22.5 Å². The van der Waals surface area contributed by atoms with Gasteiger partial charge in [-0.3, -0.25) is 19.6 Å². The number of carbonyl (C=O) groups excluding carboxylic acids is 1. The van der Waals surface area contributed by atoms with Crippen LogP contribution in [0.25, 0.3) is 11.0 Å². The summed E-state index contributed by atoms with van der Waals surface area (Å²) < 4.78 is 6.47. The van der Waals surface area contributed by atoms with Gasteiger partial charge in [-0.25, -0.2) is 0 Å². The Labute approximate surface area is 196 Å². The van der Waals surface area contributed by atoms with E-state index < -0.39 is 11.9 Å². The standard InChI is InChI=1S/C26H25N3O5/c1-16-13-23(31)25(26(33)29(16)12-9-17-3-6-19(30)7-4-17)20(15-24(32)34-2)18-5-8-21-22(14-18)28-11-10-27-21/h3-8,10-11,13-14,20,30-31H,9,12,15H2,1-2H3. The minimum Gasteiger partial charge on any atom is -0.508 e. The summed E-state index contributed by atoms with van der Waals surface area (Å²) in [6.45, 7) is 2.12. The third-order valence-electron chi connectivity index (χ3n) is 5.93. The minimum absolute atomic E-state index is 0.119. The van der Waals surface area contributed by atoms with Crippen molar-refractivity contribution in [3.8, 4) is 11.5 Å². The molecule has 2 aromatic heterocycles. The maximum atomic E-state index is 13.6. The molecule has 0 aliphatic heterocycles. The number of hydrogen-bond donors (Lipinski definition) is 2. The summed E-state index contributed by atoms with van der Waals surface area (Å²) in [5.41, 5.74) is 3.27. The van der Waals surface area contributed by atoms with E-state index in [1.165, 1.54) is 7.11 Å². The smallest absolute Gasteiger partial charge is 0.306 e. The van der Waals surface area contributed by atoms with Gasteiger partial charge in [0.2, 0.25) is 0 Å². The van der Waals surface area contributed by atoms with Crippen molar-refractivity contribution in [2.45, 2.75) is 32.2 Å². The molecule has 2 heterocycles. The number of methoxy groups -OCH3 is 1. The highest BCUT2D eigenvalue weighted by Crippen LogP contribution is 2.33. The normalized spacial score (nSPS) is 11.9. The lowest BCUT2D eigenvalue weighted by Crippen LogP contribution is -2.29. The Morgan fingerprint density at radius 1 is 1.03 bits per heavy atom. The Bertz CT molecular complexity index is 1400. The van der Waals surface area contributed by atoms with Gasteiger partial charge >= 0.3 is 5.97 Å². The predicted molar refractivity (Wildman–Crippen MR) is 127 cm³/mol. The molecule has 4 rings (SSSR count). The van der Waals surface area contributed by atoms with E-state index in [9.17, 15) is 19.8 Å². The number of aromatic hydroxyl groups is 2. The Hall–Kier alpha value is -4.20. The summed E-state index contributed by atoms with van der Waals surface area (Å²) >= 11 is 0. The number of phenolic OH excluding ortho intramolecular Hbond substituents is 1. The van der Waals surface area contributed by atoms with Crippen LogP contribution in [0.3, 0.4) is 0 Å². The number of fused-ring (bicyclic) bond motifs is 1. The number of ether oxygens (including phenoxy) is 1. The van der Waals surface area contributed by atoms with Crippen molar-refractivity contribution in [2.24, 2.45) is 0 Å². The number of phenols is 1. The number of hydrogen-bond acceptors (Lipinski definition) is 7. The van der Waals surface area contributed by atoms with Gasteiger partial charge in [-0.1, -0.05) is 18.2 Å². The molecular weight excluding hydrogens is 434 g/mol. The number of pyridine rings is 1. The van der Waals surface area contributed by atoms with Gasteiger partial charge in [0.25, 0.3) is 5.56 Å². The highest BCUT2D eigenvalue weighted by molar-refractivity contribution is 5.76. The minimum atomic E-state index is -0.730. The molecule has 4 aromatic rings. The van der Waals surface area contributed by atoms with Gasteiger partial charge in [0.1, 0.15) is 11.5 Å². The zero-order chi connectivity index (χ0) is 24.2. The molecule has 0 bridgehead atoms. The molecule has 8 heteroatoms. The molecule has 34 heavy (non-hydrogen) atoms. The van der Waals surface area contributed by atoms with Crippen LogP contribution < -0.4 is 5.56 Å². The molecule has 2 aromatic carbocycles. The second-order valence-corrected chi connectivity index (χ2v) is 8.10. The number of carbonyl (C=O) groups is 1. The number of rotatable bonds is 7. The molecule has 0 fully saturated rings. The van der Waals surface area contributed by atoms with Gasteiger partial charge in [-0.15, -0.1) is 0 Å². The molecule has 0 saturated carbocycles. The lowest BCUT2D eigenvalue weighted by atomic mass is 9.88. The van der Waals surface area contributed by atoms with Crippen molar-refractivity contribution < 1.29 is 19.7 Å². The fourth-order valence-corrected chi connectivity index (χ4v) is 4.11. The average molecular weight is 460 g/mol. The van der Waals surface area contributed by atoms with Crippen molar-refractivity contribution in [2.75, 3.05) is 7.11 Å². The summed E-state index contributed by atoms with van der Waals surface area (Å²) in [7, 11) is 1.29. The van der Waals surface area contributed by atoms with E-state index in [-0.39, 0.29) is 29.0 Å². The maximum absolute atomic E-state index is 13.6. The molecule has 174 valence electrons. The maximum Gasteiger partial charge on any atom is 0.306 e. The summed E-state index contributed by atoms with van der Waals surface area (Å²) in [5.74, 6) is -1.22. The van der Waals surface area contributed by atoms with E-state index in [1.54, 1.807) is 72.4 Å². The molecule has 1 unspecified atom stereocenters. The first-order valence-electron chi connectivity index (χ1n) is 10.9. The number of aryl methyl sites for hydroxylation is 2. The highest BCUT2D eigenvalue weighted by atomic mass is 16.5. The molecular formula is C26H25N3O5. The molecule has 0 aliphatic carbocycles. The number of benzene rings is 2. The zero-order valence-corrected chi connectivity index (χ0v) is 18.9. The SMILES string of the molecule is COC(=O)CC(c1ccc2nccnc2c1)c1c(O)cc(C)n(CCc2ccc(O)cc2)c1=O. The molecule has 0 saturated heterocycles. The second-order valence-electron chi connectivity index (χ2n) is 8.10. The first-order valence-corrected chi connectivity index (χ1v) is 10.9. The third-order valence-corrected chi connectivity index (χ3v) is 5.93. The van der Waals surface area contributed by atoms with Crippen molar-refractivity contribution in [3.05, 3.63) is 93.7 Å². The van der Waals surface area contributed by atoms with Crippen molar-refractivity contribution in [1.82, 2.24) is 14.5 Å². The monoisotopic (exact) mass is 459 g/mol. The first kappa shape index (κ1) is 23.0. The van der Waals surface area contributed by atoms with Crippen molar-refractivity contribution >= 4 is 17.0 Å². The number of esters is 1. The molecule has 2 N–H and O–H groups in total. The summed E-state index contributed by atoms with van der Waals surface area (Å²) in [6.07, 6.45) is 3.60. The molecule has 0 spiro atoms. The van der Waals surface area contributed by atoms with E-state index in [1.807, 2.05) is 0 Å². The predicted octanol–water partition coefficient (Wildman–Crippen LogP) is 3.45. The summed E-state index contributed by atoms with van der Waals surface area (Å²) in [4.78, 5) is 34.5. The van der Waals surface area contributed by atoms with Crippen LogP contribution in [0.5, 0.6) is 11.5 Å². The molecule has 8 nitrogen and oxygen atoms in total. The van der Waals surface area contributed by atoms with Crippen LogP contribution in [0.4, 0.5) is 0 Å². The van der Waals surface area contributed by atoms with Crippen molar-refractivity contribution in [1.29, 1.82) is 0 Å². The first-order chi connectivity index (χ1) is 16.4. The van der Waals surface area contributed by atoms with Crippen LogP contribution in [0.15, 0.2) is 65.7 Å². The van der Waals surface area contributed by atoms with E-state index in [2.05, 4.69) is 9.97 Å². The zero-order valence-electron chi connectivity index (χ0n) is 18.9. The van der Waals surface area contributed by atoms with Gasteiger partial charge in [0, 0.05) is 30.6 Å². The van der Waals surface area contributed by atoms with Gasteiger partial charge in [-0.2, -0.15) is 0 Å². The third kappa shape index (κ3) is 4.76. The topological polar surface area (TPSA) is 115 Å². The molecule has 0 amide bonds. The molecule has 0 aliphatic rings. The van der Waals surface area contributed by atoms with Crippen LogP contribution in [0.2, 0.25) is 0 Å². The van der Waals surface area contributed by atoms with Gasteiger partial charge in [-0.05, 0) is 54.8 Å². The Morgan fingerprint density at radius 3 is 2.44 bits per heavy atom. The lowest BCUT2D eigenvalue weighted by Gasteiger charge is -2.21. The van der Waals surface area contributed by atoms with Gasteiger partial charge < -0.3 is 19.5 Å². The van der Waals surface area contributed by atoms with Crippen LogP contribution in [0.1, 0.15) is 34.7 Å². The number of aromatic nitrogens is 3. The molecule has 1 atom stereocenters. The fraction of sp³-hybridized carbons (Fsp3) is 0.231. The Morgan fingerprint density at radius 2 is 1.74 bits per heavy atom. The van der Waals surface area contributed by atoms with Crippen molar-refractivity contribution in [3.63, 3.8) is 0 Å². The van der Waals surface area contributed by atoms with E-state index in [0.717, 1.165) is 5.56 Å². The van der Waals surface area contributed by atoms with Crippen LogP contribution in [-0.4, -0.2) is 37.8 Å². The van der Waals surface area contributed by atoms with Crippen LogP contribution >= 0.6 is 0 Å². The highest BCUT2D eigenvalue weighted by Gasteiger charge is 2.27. The second kappa shape index (κ2) is 9.74. The van der Waals surface area contributed by atoms with Crippen LogP contribution in [0, 0.1) is 6.92 Å². The largest absolute Gasteiger partial charge is 0.508 e. The number of nitrogens with zero attached hydrogens (tertiary/aromatic N) is 3. The van der Waals surface area contributed by atoms with E-state index in [4.69, 9.17) is 4.74 Å². The fourth-order valence-electron chi connectivity index (χ4n) is 4.11. The average Bonchev–Trinajstić information content (AvgIpc) is 2.83. The molecule has 0 radical (unpaired) electrons. The summed E-state index contributed by atoms with van der Waals surface area (Å²) in [5, 5.41) is 20.3. The van der Waals surface area contributed by atoms with Gasteiger partial charge in [0.15, 0.2) is 0 Å². The summed E-state index contributed by atoms with van der Waals surface area (Å²) in [6, 6.07) is 13.7.